The van der Waals surface area contributed by atoms with Crippen LogP contribution in [0.4, 0.5) is 17.6 Å². The van der Waals surface area contributed by atoms with E-state index in [2.05, 4.69) is 0 Å². The predicted octanol–water partition coefficient (Wildman–Crippen LogP) is 2.62. The summed E-state index contributed by atoms with van der Waals surface area (Å²) in [4.78, 5) is 0. The molecule has 2 unspecified atom stereocenters. The summed E-state index contributed by atoms with van der Waals surface area (Å²) in [6.07, 6.45) is -5.06. The van der Waals surface area contributed by atoms with Crippen molar-refractivity contribution in [3.8, 4) is 0 Å². The number of benzene rings is 1. The summed E-state index contributed by atoms with van der Waals surface area (Å²) in [5.74, 6) is -0.807. The van der Waals surface area contributed by atoms with Crippen molar-refractivity contribution in [2.24, 2.45) is 5.73 Å². The molecule has 6 heteroatoms. The third-order valence-corrected chi connectivity index (χ3v) is 3.02. The van der Waals surface area contributed by atoms with Crippen LogP contribution in [0.5, 0.6) is 0 Å². The van der Waals surface area contributed by atoms with Crippen LogP contribution in [0.15, 0.2) is 18.2 Å². The topological polar surface area (TPSA) is 46.2 Å². The smallest absolute Gasteiger partial charge is 0.375 e. The SMILES string of the molecule is CCC(N)C(O)(c1ccc(C)c(F)c1)C(F)(F)F. The molecule has 18 heavy (non-hydrogen) atoms. The summed E-state index contributed by atoms with van der Waals surface area (Å²) in [5, 5.41) is 9.89. The Labute approximate surface area is 102 Å². The zero-order valence-corrected chi connectivity index (χ0v) is 10.1. The van der Waals surface area contributed by atoms with Gasteiger partial charge < -0.3 is 10.8 Å². The van der Waals surface area contributed by atoms with E-state index in [-0.39, 0.29) is 12.0 Å². The van der Waals surface area contributed by atoms with Gasteiger partial charge in [0.2, 0.25) is 5.60 Å². The molecule has 1 aromatic rings. The van der Waals surface area contributed by atoms with Crippen molar-refractivity contribution >= 4 is 0 Å². The van der Waals surface area contributed by atoms with Gasteiger partial charge in [0.25, 0.3) is 0 Å². The van der Waals surface area contributed by atoms with E-state index in [1.807, 2.05) is 0 Å². The third kappa shape index (κ3) is 2.35. The molecule has 0 radical (unpaired) electrons. The van der Waals surface area contributed by atoms with Crippen molar-refractivity contribution in [1.29, 1.82) is 0 Å². The second-order valence-electron chi connectivity index (χ2n) is 4.24. The molecule has 0 saturated carbocycles. The van der Waals surface area contributed by atoms with Gasteiger partial charge in [-0.15, -0.1) is 0 Å². The van der Waals surface area contributed by atoms with Gasteiger partial charge >= 0.3 is 6.18 Å². The van der Waals surface area contributed by atoms with Gasteiger partial charge in [0.15, 0.2) is 0 Å². The normalized spacial score (nSPS) is 17.3. The molecule has 1 aromatic carbocycles. The van der Waals surface area contributed by atoms with E-state index in [1.165, 1.54) is 19.9 Å². The largest absolute Gasteiger partial charge is 0.423 e. The van der Waals surface area contributed by atoms with Gasteiger partial charge in [0, 0.05) is 6.04 Å². The standard InChI is InChI=1S/C12H15F4NO/c1-3-10(17)11(18,12(14,15)16)8-5-4-7(2)9(13)6-8/h4-6,10,18H,3,17H2,1-2H3. The minimum atomic E-state index is -4.97. The molecule has 0 amide bonds. The lowest BCUT2D eigenvalue weighted by molar-refractivity contribution is -0.274. The van der Waals surface area contributed by atoms with E-state index in [4.69, 9.17) is 5.73 Å². The molecule has 0 saturated heterocycles. The highest BCUT2D eigenvalue weighted by atomic mass is 19.4. The fraction of sp³-hybridized carbons (Fsp3) is 0.500. The van der Waals surface area contributed by atoms with Gasteiger partial charge in [0.05, 0.1) is 0 Å². The van der Waals surface area contributed by atoms with Crippen LogP contribution in [0.2, 0.25) is 0 Å². The second-order valence-corrected chi connectivity index (χ2v) is 4.24. The van der Waals surface area contributed by atoms with Gasteiger partial charge in [-0.25, -0.2) is 4.39 Å². The zero-order valence-electron chi connectivity index (χ0n) is 10.1. The van der Waals surface area contributed by atoms with E-state index in [0.29, 0.717) is 6.07 Å². The number of aliphatic hydroxyl groups is 1. The molecule has 0 aromatic heterocycles. The fourth-order valence-electron chi connectivity index (χ4n) is 1.71. The monoisotopic (exact) mass is 265 g/mol. The first-order valence-corrected chi connectivity index (χ1v) is 5.45. The average molecular weight is 265 g/mol. The van der Waals surface area contributed by atoms with Crippen LogP contribution < -0.4 is 5.73 Å². The Morgan fingerprint density at radius 1 is 1.33 bits per heavy atom. The zero-order chi connectivity index (χ0) is 14.1. The highest BCUT2D eigenvalue weighted by Gasteiger charge is 2.58. The molecule has 1 rings (SSSR count). The van der Waals surface area contributed by atoms with E-state index in [0.717, 1.165) is 6.07 Å². The Kier molecular flexibility index (Phi) is 4.02. The van der Waals surface area contributed by atoms with Crippen LogP contribution in [0.25, 0.3) is 0 Å². The van der Waals surface area contributed by atoms with Crippen molar-refractivity contribution in [3.63, 3.8) is 0 Å². The van der Waals surface area contributed by atoms with Crippen LogP contribution >= 0.6 is 0 Å². The fourth-order valence-corrected chi connectivity index (χ4v) is 1.71. The van der Waals surface area contributed by atoms with Gasteiger partial charge in [-0.3, -0.25) is 0 Å². The lowest BCUT2D eigenvalue weighted by Crippen LogP contribution is -2.55. The van der Waals surface area contributed by atoms with Crippen molar-refractivity contribution in [2.45, 2.75) is 38.1 Å². The molecule has 0 heterocycles. The summed E-state index contributed by atoms with van der Waals surface area (Å²) >= 11 is 0. The number of rotatable bonds is 3. The van der Waals surface area contributed by atoms with Crippen LogP contribution in [-0.4, -0.2) is 17.3 Å². The molecule has 102 valence electrons. The molecule has 3 N–H and O–H groups in total. The van der Waals surface area contributed by atoms with E-state index >= 15 is 0 Å². The summed E-state index contributed by atoms with van der Waals surface area (Å²) < 4.78 is 52.4. The van der Waals surface area contributed by atoms with E-state index < -0.39 is 29.2 Å². The highest BCUT2D eigenvalue weighted by molar-refractivity contribution is 5.30. The van der Waals surface area contributed by atoms with Crippen molar-refractivity contribution in [3.05, 3.63) is 35.1 Å². The number of halogens is 4. The maximum atomic E-state index is 13.3. The Balaban J connectivity index is 3.40. The Morgan fingerprint density at radius 2 is 1.89 bits per heavy atom. The van der Waals surface area contributed by atoms with E-state index in [9.17, 15) is 22.7 Å². The quantitative estimate of drug-likeness (QED) is 0.825. The molecule has 0 spiro atoms. The predicted molar refractivity (Wildman–Crippen MR) is 59.4 cm³/mol. The molecular weight excluding hydrogens is 250 g/mol. The third-order valence-electron chi connectivity index (χ3n) is 3.02. The van der Waals surface area contributed by atoms with Crippen LogP contribution in [0.3, 0.4) is 0 Å². The summed E-state index contributed by atoms with van der Waals surface area (Å²) in [7, 11) is 0. The highest BCUT2D eigenvalue weighted by Crippen LogP contribution is 2.42. The van der Waals surface area contributed by atoms with Crippen LogP contribution in [0, 0.1) is 12.7 Å². The lowest BCUT2D eigenvalue weighted by Gasteiger charge is -2.35. The van der Waals surface area contributed by atoms with E-state index in [1.54, 1.807) is 0 Å². The molecule has 0 aliphatic heterocycles. The Morgan fingerprint density at radius 3 is 2.28 bits per heavy atom. The van der Waals surface area contributed by atoms with Crippen molar-refractivity contribution in [1.82, 2.24) is 0 Å². The van der Waals surface area contributed by atoms with Gasteiger partial charge in [0.1, 0.15) is 5.82 Å². The van der Waals surface area contributed by atoms with Gasteiger partial charge in [-0.05, 0) is 30.5 Å². The first-order chi connectivity index (χ1) is 8.14. The summed E-state index contributed by atoms with van der Waals surface area (Å²) in [6.45, 7) is 2.84. The minimum Gasteiger partial charge on any atom is -0.375 e. The first-order valence-electron chi connectivity index (χ1n) is 5.45. The molecule has 0 aliphatic rings. The maximum Gasteiger partial charge on any atom is 0.423 e. The average Bonchev–Trinajstić information content (AvgIpc) is 2.29. The summed E-state index contributed by atoms with van der Waals surface area (Å²) in [6, 6.07) is 1.35. The van der Waals surface area contributed by atoms with Crippen LogP contribution in [0.1, 0.15) is 24.5 Å². The Bertz CT molecular complexity index is 433. The maximum absolute atomic E-state index is 13.3. The van der Waals surface area contributed by atoms with Crippen LogP contribution in [-0.2, 0) is 5.60 Å². The molecule has 2 nitrogen and oxygen atoms in total. The van der Waals surface area contributed by atoms with Crippen molar-refractivity contribution < 1.29 is 22.7 Å². The molecule has 2 atom stereocenters. The number of aryl methyl sites for hydroxylation is 1. The molecule has 0 bridgehead atoms. The van der Waals surface area contributed by atoms with Crippen molar-refractivity contribution in [2.75, 3.05) is 0 Å². The van der Waals surface area contributed by atoms with Gasteiger partial charge in [-0.1, -0.05) is 19.1 Å². The second kappa shape index (κ2) is 4.85. The molecular formula is C12H15F4NO. The Hall–Kier alpha value is -1.14. The number of nitrogens with two attached hydrogens (primary N) is 1. The molecule has 0 fully saturated rings. The lowest BCUT2D eigenvalue weighted by atomic mass is 9.84. The summed E-state index contributed by atoms with van der Waals surface area (Å²) in [5.41, 5.74) is 1.75. The minimum absolute atomic E-state index is 0.0918. The number of alkyl halides is 3. The number of hydrogen-bond donors (Lipinski definition) is 2. The van der Waals surface area contributed by atoms with Gasteiger partial charge in [-0.2, -0.15) is 13.2 Å². The first kappa shape index (κ1) is 14.9. The molecule has 0 aliphatic carbocycles. The number of hydrogen-bond acceptors (Lipinski definition) is 2.